The predicted molar refractivity (Wildman–Crippen MR) is 67.8 cm³/mol. The number of rotatable bonds is 3. The highest BCUT2D eigenvalue weighted by atomic mass is 35.5. The maximum Gasteiger partial charge on any atom is 0.122 e. The normalized spacial score (nSPS) is 17.4. The highest BCUT2D eigenvalue weighted by Crippen LogP contribution is 2.12. The molecular weight excluding hydrogens is 224 g/mol. The lowest BCUT2D eigenvalue weighted by atomic mass is 10.1. The summed E-state index contributed by atoms with van der Waals surface area (Å²) in [4.78, 5) is 6.78. The van der Waals surface area contributed by atoms with Crippen molar-refractivity contribution < 1.29 is 0 Å². The van der Waals surface area contributed by atoms with Crippen molar-refractivity contribution >= 4 is 12.4 Å². The monoisotopic (exact) mass is 244 g/mol. The summed E-state index contributed by atoms with van der Waals surface area (Å²) in [5.41, 5.74) is 0. The lowest BCUT2D eigenvalue weighted by Crippen LogP contribution is -2.41. The van der Waals surface area contributed by atoms with Gasteiger partial charge < -0.3 is 9.88 Å². The Balaban J connectivity index is 0.00000128. The number of nitrogens with zero attached hydrogens (tertiary/aromatic N) is 3. The zero-order chi connectivity index (χ0) is 10.7. The molecule has 1 aromatic heterocycles. The van der Waals surface area contributed by atoms with Crippen LogP contribution in [0.1, 0.15) is 18.7 Å². The maximum atomic E-state index is 4.36. The number of aromatic nitrogens is 2. The Hall–Kier alpha value is -0.580. The molecule has 0 bridgehead atoms. The van der Waals surface area contributed by atoms with E-state index in [1.165, 1.54) is 12.8 Å². The van der Waals surface area contributed by atoms with E-state index in [2.05, 4.69) is 33.9 Å². The standard InChI is InChI=1S/C11H20N4.ClH/c1-14-8-7-13-11(14)9-15(2)10-3-5-12-6-4-10;/h7-8,10,12H,3-6,9H2,1-2H3;1H. The third kappa shape index (κ3) is 3.20. The zero-order valence-corrected chi connectivity index (χ0v) is 10.8. The van der Waals surface area contributed by atoms with Crippen LogP contribution in [0.2, 0.25) is 0 Å². The van der Waals surface area contributed by atoms with Crippen LogP contribution >= 0.6 is 12.4 Å². The van der Waals surface area contributed by atoms with Gasteiger partial charge in [-0.3, -0.25) is 4.90 Å². The van der Waals surface area contributed by atoms with Crippen LogP contribution in [0.15, 0.2) is 12.4 Å². The van der Waals surface area contributed by atoms with Gasteiger partial charge in [0.05, 0.1) is 6.54 Å². The van der Waals surface area contributed by atoms with E-state index in [0.29, 0.717) is 6.04 Å². The average molecular weight is 245 g/mol. The molecule has 4 nitrogen and oxygen atoms in total. The number of halogens is 1. The van der Waals surface area contributed by atoms with Gasteiger partial charge in [0, 0.05) is 25.5 Å². The SMILES string of the molecule is CN(Cc1nccn1C)C1CCNCC1.Cl. The van der Waals surface area contributed by atoms with Crippen LogP contribution in [-0.2, 0) is 13.6 Å². The number of nitrogens with one attached hydrogen (secondary N) is 1. The Morgan fingerprint density at radius 3 is 2.75 bits per heavy atom. The van der Waals surface area contributed by atoms with Gasteiger partial charge in [0.25, 0.3) is 0 Å². The van der Waals surface area contributed by atoms with E-state index in [9.17, 15) is 0 Å². The largest absolute Gasteiger partial charge is 0.337 e. The third-order valence-corrected chi connectivity index (χ3v) is 3.24. The van der Waals surface area contributed by atoms with Gasteiger partial charge in [-0.1, -0.05) is 0 Å². The van der Waals surface area contributed by atoms with Crippen LogP contribution in [0.5, 0.6) is 0 Å². The molecule has 1 fully saturated rings. The fraction of sp³-hybridized carbons (Fsp3) is 0.727. The van der Waals surface area contributed by atoms with Crippen molar-refractivity contribution in [3.8, 4) is 0 Å². The Morgan fingerprint density at radius 1 is 1.50 bits per heavy atom. The summed E-state index contributed by atoms with van der Waals surface area (Å²) in [6.07, 6.45) is 6.37. The Labute approximate surface area is 103 Å². The van der Waals surface area contributed by atoms with Gasteiger partial charge in [-0.15, -0.1) is 12.4 Å². The molecule has 0 aromatic carbocycles. The fourth-order valence-electron chi connectivity index (χ4n) is 2.15. The summed E-state index contributed by atoms with van der Waals surface area (Å²) in [5, 5.41) is 3.39. The minimum atomic E-state index is 0. The molecule has 1 aromatic rings. The van der Waals surface area contributed by atoms with Gasteiger partial charge in [-0.25, -0.2) is 4.98 Å². The first-order valence-electron chi connectivity index (χ1n) is 5.64. The van der Waals surface area contributed by atoms with Crippen molar-refractivity contribution in [2.24, 2.45) is 7.05 Å². The number of aryl methyl sites for hydroxylation is 1. The second kappa shape index (κ2) is 6.23. The van der Waals surface area contributed by atoms with Gasteiger partial charge in [0.2, 0.25) is 0 Å². The summed E-state index contributed by atoms with van der Waals surface area (Å²) in [6.45, 7) is 3.25. The van der Waals surface area contributed by atoms with E-state index in [1.54, 1.807) is 0 Å². The third-order valence-electron chi connectivity index (χ3n) is 3.24. The molecule has 1 N–H and O–H groups in total. The summed E-state index contributed by atoms with van der Waals surface area (Å²) >= 11 is 0. The quantitative estimate of drug-likeness (QED) is 0.862. The van der Waals surface area contributed by atoms with E-state index in [4.69, 9.17) is 0 Å². The second-order valence-corrected chi connectivity index (χ2v) is 4.35. The zero-order valence-electron chi connectivity index (χ0n) is 10.0. The molecule has 1 saturated heterocycles. The van der Waals surface area contributed by atoms with Crippen molar-refractivity contribution in [2.45, 2.75) is 25.4 Å². The number of imidazole rings is 1. The van der Waals surface area contributed by atoms with Crippen molar-refractivity contribution in [3.05, 3.63) is 18.2 Å². The van der Waals surface area contributed by atoms with Gasteiger partial charge >= 0.3 is 0 Å². The molecule has 1 aliphatic rings. The summed E-state index contributed by atoms with van der Waals surface area (Å²) in [6, 6.07) is 0.711. The molecule has 16 heavy (non-hydrogen) atoms. The first-order chi connectivity index (χ1) is 7.27. The van der Waals surface area contributed by atoms with Crippen LogP contribution in [-0.4, -0.2) is 40.6 Å². The van der Waals surface area contributed by atoms with Gasteiger partial charge in [-0.2, -0.15) is 0 Å². The van der Waals surface area contributed by atoms with Crippen LogP contribution in [0.25, 0.3) is 0 Å². The summed E-state index contributed by atoms with van der Waals surface area (Å²) in [5.74, 6) is 1.15. The van der Waals surface area contributed by atoms with E-state index >= 15 is 0 Å². The molecule has 0 radical (unpaired) electrons. The fourth-order valence-corrected chi connectivity index (χ4v) is 2.15. The summed E-state index contributed by atoms with van der Waals surface area (Å²) in [7, 11) is 4.25. The molecule has 1 aliphatic heterocycles. The molecule has 0 aliphatic carbocycles. The number of hydrogen-bond donors (Lipinski definition) is 1. The van der Waals surface area contributed by atoms with Crippen molar-refractivity contribution in [1.82, 2.24) is 19.8 Å². The van der Waals surface area contributed by atoms with E-state index in [1.807, 2.05) is 12.4 Å². The highest BCUT2D eigenvalue weighted by molar-refractivity contribution is 5.85. The highest BCUT2D eigenvalue weighted by Gasteiger charge is 2.18. The molecule has 0 spiro atoms. The first kappa shape index (κ1) is 13.5. The Bertz CT molecular complexity index is 307. The Kier molecular flexibility index (Phi) is 5.25. The summed E-state index contributed by atoms with van der Waals surface area (Å²) < 4.78 is 2.09. The molecular formula is C11H21ClN4. The minimum absolute atomic E-state index is 0. The number of piperidine rings is 1. The number of hydrogen-bond acceptors (Lipinski definition) is 3. The van der Waals surface area contributed by atoms with Crippen molar-refractivity contribution in [3.63, 3.8) is 0 Å². The molecule has 0 unspecified atom stereocenters. The van der Waals surface area contributed by atoms with E-state index in [-0.39, 0.29) is 12.4 Å². The molecule has 2 heterocycles. The predicted octanol–water partition coefficient (Wildman–Crippen LogP) is 1.03. The van der Waals surface area contributed by atoms with Gasteiger partial charge in [0.15, 0.2) is 0 Å². The lowest BCUT2D eigenvalue weighted by molar-refractivity contribution is 0.186. The van der Waals surface area contributed by atoms with Crippen LogP contribution in [0, 0.1) is 0 Å². The van der Waals surface area contributed by atoms with Crippen molar-refractivity contribution in [1.29, 1.82) is 0 Å². The van der Waals surface area contributed by atoms with Crippen LogP contribution in [0.3, 0.4) is 0 Å². The minimum Gasteiger partial charge on any atom is -0.337 e. The Morgan fingerprint density at radius 2 is 2.19 bits per heavy atom. The lowest BCUT2D eigenvalue weighted by Gasteiger charge is -2.31. The van der Waals surface area contributed by atoms with Crippen molar-refractivity contribution in [2.75, 3.05) is 20.1 Å². The molecule has 0 atom stereocenters. The smallest absolute Gasteiger partial charge is 0.122 e. The van der Waals surface area contributed by atoms with Crippen LogP contribution in [0.4, 0.5) is 0 Å². The van der Waals surface area contributed by atoms with E-state index < -0.39 is 0 Å². The molecule has 2 rings (SSSR count). The second-order valence-electron chi connectivity index (χ2n) is 4.35. The van der Waals surface area contributed by atoms with E-state index in [0.717, 1.165) is 25.5 Å². The van der Waals surface area contributed by atoms with Gasteiger partial charge in [0.1, 0.15) is 5.82 Å². The molecule has 5 heteroatoms. The van der Waals surface area contributed by atoms with Gasteiger partial charge in [-0.05, 0) is 33.0 Å². The average Bonchev–Trinajstić information content (AvgIpc) is 2.66. The van der Waals surface area contributed by atoms with Crippen LogP contribution < -0.4 is 5.32 Å². The molecule has 92 valence electrons. The first-order valence-corrected chi connectivity index (χ1v) is 5.64. The topological polar surface area (TPSA) is 33.1 Å². The molecule has 0 saturated carbocycles. The maximum absolute atomic E-state index is 4.36. The molecule has 0 amide bonds.